The molecule has 0 N–H and O–H groups in total. The van der Waals surface area contributed by atoms with Gasteiger partial charge in [0.1, 0.15) is 12.4 Å². The molecule has 4 rings (SSSR count). The maximum absolute atomic E-state index is 12.6. The molecule has 4 aromatic rings. The van der Waals surface area contributed by atoms with E-state index in [1.54, 1.807) is 6.07 Å². The minimum Gasteiger partial charge on any atom is -0.496 e. The molecule has 13 nitrogen and oxygen atoms in total. The van der Waals surface area contributed by atoms with Gasteiger partial charge in [0, 0.05) is 5.56 Å². The van der Waals surface area contributed by atoms with Crippen molar-refractivity contribution in [1.29, 1.82) is 0 Å². The van der Waals surface area contributed by atoms with Gasteiger partial charge in [-0.3, -0.25) is 0 Å². The van der Waals surface area contributed by atoms with Crippen LogP contribution in [-0.4, -0.2) is 65.4 Å². The maximum Gasteiger partial charge on any atom is 0.306 e. The molecule has 0 aliphatic heterocycles. The molecule has 0 saturated heterocycles. The molecule has 0 aliphatic rings. The van der Waals surface area contributed by atoms with E-state index in [0.29, 0.717) is 5.56 Å². The Balaban J connectivity index is 1.94. The highest BCUT2D eigenvalue weighted by molar-refractivity contribution is 7.86. The topological polar surface area (TPSA) is 167 Å². The van der Waals surface area contributed by atoms with Crippen molar-refractivity contribution < 1.29 is 56.8 Å². The minimum atomic E-state index is -4.19. The highest BCUT2D eigenvalue weighted by Crippen LogP contribution is 2.52. The van der Waals surface area contributed by atoms with Crippen LogP contribution in [0, 0.1) is 6.92 Å². The Hall–Kier alpha value is -4.67. The standard InChI is InChI=1S/C32H34O13S3/c1-20-8-10-21(11-9-20)19-42-25-14-13-23(17-28(25)44-47(6,35)36)30-29(40-3)18-24(31(41-4)32(30)45-48(7,37)38)22-12-15-26(27(16-22)39-2)43-46(5,33)34/h8-18H,19H2,1-7H3. The third-order valence-corrected chi connectivity index (χ3v) is 8.00. The van der Waals surface area contributed by atoms with Crippen molar-refractivity contribution in [1.82, 2.24) is 0 Å². The van der Waals surface area contributed by atoms with Gasteiger partial charge in [-0.15, -0.1) is 0 Å². The molecule has 0 radical (unpaired) electrons. The van der Waals surface area contributed by atoms with Crippen LogP contribution in [0.2, 0.25) is 0 Å². The third-order valence-electron chi connectivity index (χ3n) is 6.56. The van der Waals surface area contributed by atoms with E-state index in [2.05, 4.69) is 0 Å². The van der Waals surface area contributed by atoms with Gasteiger partial charge in [0.2, 0.25) is 0 Å². The van der Waals surface area contributed by atoms with Crippen molar-refractivity contribution in [2.24, 2.45) is 0 Å². The molecular weight excluding hydrogens is 689 g/mol. The SMILES string of the molecule is COc1cc(-c2cc(OC)c(-c3ccc(OCc4ccc(C)cc4)c(OS(C)(=O)=O)c3)c(OS(C)(=O)=O)c2OC)ccc1OS(C)(=O)=O. The van der Waals surface area contributed by atoms with E-state index in [0.717, 1.165) is 29.9 Å². The van der Waals surface area contributed by atoms with Gasteiger partial charge >= 0.3 is 30.4 Å². The molecular formula is C32H34O13S3. The number of benzene rings is 4. The van der Waals surface area contributed by atoms with Crippen LogP contribution in [-0.2, 0) is 37.0 Å². The van der Waals surface area contributed by atoms with E-state index in [9.17, 15) is 25.3 Å². The molecule has 0 aromatic heterocycles. The van der Waals surface area contributed by atoms with E-state index in [1.807, 2.05) is 31.2 Å². The van der Waals surface area contributed by atoms with Crippen LogP contribution in [0.15, 0.2) is 66.7 Å². The van der Waals surface area contributed by atoms with E-state index in [-0.39, 0.29) is 63.5 Å². The van der Waals surface area contributed by atoms with Crippen LogP contribution in [0.25, 0.3) is 22.3 Å². The summed E-state index contributed by atoms with van der Waals surface area (Å²) in [7, 11) is -8.16. The minimum absolute atomic E-state index is 0.0531. The van der Waals surface area contributed by atoms with Crippen LogP contribution < -0.4 is 31.5 Å². The number of rotatable bonds is 14. The molecule has 0 unspecified atom stereocenters. The number of hydrogen-bond donors (Lipinski definition) is 0. The molecule has 0 atom stereocenters. The molecule has 0 spiro atoms. The van der Waals surface area contributed by atoms with Gasteiger partial charge in [0.25, 0.3) is 0 Å². The Morgan fingerprint density at radius 3 is 1.62 bits per heavy atom. The Morgan fingerprint density at radius 2 is 1.06 bits per heavy atom. The lowest BCUT2D eigenvalue weighted by Crippen LogP contribution is -2.10. The van der Waals surface area contributed by atoms with Crippen molar-refractivity contribution in [2.45, 2.75) is 13.5 Å². The summed E-state index contributed by atoms with van der Waals surface area (Å²) in [5.74, 6) is -0.355. The van der Waals surface area contributed by atoms with E-state index in [4.69, 9.17) is 31.5 Å². The van der Waals surface area contributed by atoms with Crippen molar-refractivity contribution in [3.63, 3.8) is 0 Å². The van der Waals surface area contributed by atoms with Gasteiger partial charge in [-0.05, 0) is 53.9 Å². The van der Waals surface area contributed by atoms with Gasteiger partial charge in [-0.2, -0.15) is 25.3 Å². The lowest BCUT2D eigenvalue weighted by molar-refractivity contribution is 0.296. The summed E-state index contributed by atoms with van der Waals surface area (Å²) in [5.41, 5.74) is 2.85. The first kappa shape index (κ1) is 36.2. The number of hydrogen-bond acceptors (Lipinski definition) is 13. The van der Waals surface area contributed by atoms with Crippen LogP contribution in [0.5, 0.6) is 40.2 Å². The smallest absolute Gasteiger partial charge is 0.306 e. The second-order valence-electron chi connectivity index (χ2n) is 10.5. The van der Waals surface area contributed by atoms with Crippen molar-refractivity contribution in [2.75, 3.05) is 40.1 Å². The summed E-state index contributed by atoms with van der Waals surface area (Å²) in [5, 5.41) is 0. The highest BCUT2D eigenvalue weighted by Gasteiger charge is 2.28. The first-order chi connectivity index (χ1) is 22.4. The van der Waals surface area contributed by atoms with E-state index < -0.39 is 30.4 Å². The molecule has 0 saturated carbocycles. The zero-order valence-corrected chi connectivity index (χ0v) is 29.5. The van der Waals surface area contributed by atoms with Crippen LogP contribution in [0.3, 0.4) is 0 Å². The third kappa shape index (κ3) is 9.23. The maximum atomic E-state index is 12.6. The van der Waals surface area contributed by atoms with E-state index in [1.165, 1.54) is 57.7 Å². The molecule has 258 valence electrons. The molecule has 0 amide bonds. The molecule has 0 bridgehead atoms. The summed E-state index contributed by atoms with van der Waals surface area (Å²) >= 11 is 0. The van der Waals surface area contributed by atoms with Gasteiger partial charge in [-0.25, -0.2) is 0 Å². The van der Waals surface area contributed by atoms with Crippen LogP contribution >= 0.6 is 0 Å². The average Bonchev–Trinajstić information content (AvgIpc) is 2.98. The Morgan fingerprint density at radius 1 is 0.521 bits per heavy atom. The molecule has 0 heterocycles. The van der Waals surface area contributed by atoms with Gasteiger partial charge < -0.3 is 31.5 Å². The quantitative estimate of drug-likeness (QED) is 0.161. The summed E-state index contributed by atoms with van der Waals surface area (Å²) < 4.78 is 112. The van der Waals surface area contributed by atoms with Gasteiger partial charge in [0.05, 0.1) is 45.7 Å². The fourth-order valence-electron chi connectivity index (χ4n) is 4.62. The molecule has 0 fully saturated rings. The lowest BCUT2D eigenvalue weighted by Gasteiger charge is -2.21. The van der Waals surface area contributed by atoms with Gasteiger partial charge in [0.15, 0.2) is 34.5 Å². The summed E-state index contributed by atoms with van der Waals surface area (Å²) in [6.45, 7) is 2.05. The first-order valence-corrected chi connectivity index (χ1v) is 19.3. The highest BCUT2D eigenvalue weighted by atomic mass is 32.2. The zero-order valence-electron chi connectivity index (χ0n) is 27.1. The van der Waals surface area contributed by atoms with Crippen molar-refractivity contribution in [3.05, 3.63) is 77.9 Å². The Kier molecular flexibility index (Phi) is 10.7. The van der Waals surface area contributed by atoms with Crippen molar-refractivity contribution >= 4 is 30.4 Å². The number of methoxy groups -OCH3 is 3. The van der Waals surface area contributed by atoms with E-state index >= 15 is 0 Å². The first-order valence-electron chi connectivity index (χ1n) is 13.9. The predicted molar refractivity (Wildman–Crippen MR) is 179 cm³/mol. The summed E-state index contributed by atoms with van der Waals surface area (Å²) in [4.78, 5) is 0. The second kappa shape index (κ2) is 14.2. The molecule has 48 heavy (non-hydrogen) atoms. The Bertz CT molecular complexity index is 2140. The molecule has 16 heteroatoms. The number of ether oxygens (including phenoxy) is 4. The summed E-state index contributed by atoms with van der Waals surface area (Å²) in [6, 6.07) is 17.8. The Labute approximate surface area is 280 Å². The fraction of sp³-hybridized carbons (Fsp3) is 0.250. The van der Waals surface area contributed by atoms with Gasteiger partial charge in [-0.1, -0.05) is 42.0 Å². The number of aryl methyl sites for hydroxylation is 1. The summed E-state index contributed by atoms with van der Waals surface area (Å²) in [6.07, 6.45) is 2.60. The zero-order chi connectivity index (χ0) is 35.4. The monoisotopic (exact) mass is 722 g/mol. The molecule has 0 aliphatic carbocycles. The van der Waals surface area contributed by atoms with Crippen LogP contribution in [0.4, 0.5) is 0 Å². The normalized spacial score (nSPS) is 11.8. The van der Waals surface area contributed by atoms with Crippen LogP contribution in [0.1, 0.15) is 11.1 Å². The molecule has 4 aromatic carbocycles. The lowest BCUT2D eigenvalue weighted by atomic mass is 9.96. The second-order valence-corrected chi connectivity index (χ2v) is 15.3. The fourth-order valence-corrected chi connectivity index (χ4v) is 6.00. The largest absolute Gasteiger partial charge is 0.496 e. The predicted octanol–water partition coefficient (Wildman–Crippen LogP) is 4.95. The van der Waals surface area contributed by atoms with Crippen molar-refractivity contribution in [3.8, 4) is 62.5 Å². The average molecular weight is 723 g/mol.